The van der Waals surface area contributed by atoms with E-state index in [4.69, 9.17) is 0 Å². The fraction of sp³-hybridized carbons (Fsp3) is 0.500. The third-order valence-electron chi connectivity index (χ3n) is 4.33. The van der Waals surface area contributed by atoms with Gasteiger partial charge in [0.15, 0.2) is 0 Å². The van der Waals surface area contributed by atoms with E-state index in [1.165, 1.54) is 42.5 Å². The Balaban J connectivity index is 1.82. The second-order valence-corrected chi connectivity index (χ2v) is 5.94. The van der Waals surface area contributed by atoms with Crippen molar-refractivity contribution < 1.29 is 0 Å². The third-order valence-corrected chi connectivity index (χ3v) is 4.33. The van der Waals surface area contributed by atoms with Crippen LogP contribution in [-0.4, -0.2) is 16.3 Å². The van der Waals surface area contributed by atoms with E-state index in [2.05, 4.69) is 58.5 Å². The van der Waals surface area contributed by atoms with Crippen LogP contribution in [0.5, 0.6) is 0 Å². The Kier molecular flexibility index (Phi) is 4.71. The summed E-state index contributed by atoms with van der Waals surface area (Å²) < 4.78 is 2.20. The van der Waals surface area contributed by atoms with Gasteiger partial charge in [0.05, 0.1) is 12.7 Å². The van der Waals surface area contributed by atoms with Gasteiger partial charge in [0, 0.05) is 17.3 Å². The van der Waals surface area contributed by atoms with Crippen molar-refractivity contribution in [3.8, 4) is 0 Å². The average molecular weight is 283 g/mol. The van der Waals surface area contributed by atoms with Crippen LogP contribution in [-0.2, 0) is 13.0 Å². The first kappa shape index (κ1) is 14.3. The molecule has 3 heteroatoms. The standard InChI is InChI=1S/C18H25N3/c1-2-12-19-17-10-6-7-11-18-16(17)13-20-21(18)14-15-8-4-3-5-9-15/h3-5,8-9,13,17,19H,2,6-7,10-12,14H2,1H3. The van der Waals surface area contributed by atoms with Gasteiger partial charge in [-0.05, 0) is 37.8 Å². The summed E-state index contributed by atoms with van der Waals surface area (Å²) in [6, 6.07) is 11.1. The summed E-state index contributed by atoms with van der Waals surface area (Å²) in [5.74, 6) is 0. The summed E-state index contributed by atoms with van der Waals surface area (Å²) in [5, 5.41) is 8.36. The Bertz CT molecular complexity index is 559. The molecule has 0 saturated heterocycles. The molecule has 0 amide bonds. The minimum atomic E-state index is 0.493. The van der Waals surface area contributed by atoms with Crippen LogP contribution in [0.15, 0.2) is 36.5 Å². The first-order chi connectivity index (χ1) is 10.4. The lowest BCUT2D eigenvalue weighted by molar-refractivity contribution is 0.489. The highest BCUT2D eigenvalue weighted by molar-refractivity contribution is 5.25. The van der Waals surface area contributed by atoms with E-state index in [1.807, 2.05) is 0 Å². The van der Waals surface area contributed by atoms with Crippen molar-refractivity contribution in [3.05, 3.63) is 53.3 Å². The summed E-state index contributed by atoms with van der Waals surface area (Å²) in [4.78, 5) is 0. The minimum Gasteiger partial charge on any atom is -0.310 e. The Morgan fingerprint density at radius 2 is 2.10 bits per heavy atom. The van der Waals surface area contributed by atoms with Gasteiger partial charge in [-0.25, -0.2) is 0 Å². The van der Waals surface area contributed by atoms with E-state index in [9.17, 15) is 0 Å². The quantitative estimate of drug-likeness (QED) is 0.848. The Morgan fingerprint density at radius 3 is 2.90 bits per heavy atom. The summed E-state index contributed by atoms with van der Waals surface area (Å²) >= 11 is 0. The van der Waals surface area contributed by atoms with Gasteiger partial charge in [-0.1, -0.05) is 43.7 Å². The molecule has 112 valence electrons. The number of benzene rings is 1. The molecule has 1 aromatic heterocycles. The molecule has 3 nitrogen and oxygen atoms in total. The van der Waals surface area contributed by atoms with Crippen molar-refractivity contribution in [3.63, 3.8) is 0 Å². The molecular weight excluding hydrogens is 258 g/mol. The van der Waals surface area contributed by atoms with Crippen molar-refractivity contribution >= 4 is 0 Å². The predicted octanol–water partition coefficient (Wildman–Crippen LogP) is 3.70. The van der Waals surface area contributed by atoms with Gasteiger partial charge in [-0.15, -0.1) is 0 Å². The molecule has 0 bridgehead atoms. The Hall–Kier alpha value is -1.61. The predicted molar refractivity (Wildman–Crippen MR) is 86.4 cm³/mol. The van der Waals surface area contributed by atoms with Crippen LogP contribution in [0.4, 0.5) is 0 Å². The normalized spacial score (nSPS) is 18.2. The maximum Gasteiger partial charge on any atom is 0.0662 e. The lowest BCUT2D eigenvalue weighted by atomic mass is 10.1. The van der Waals surface area contributed by atoms with Gasteiger partial charge < -0.3 is 5.32 Å². The molecule has 1 aliphatic rings. The van der Waals surface area contributed by atoms with Crippen LogP contribution in [0.1, 0.15) is 55.5 Å². The maximum absolute atomic E-state index is 4.67. The molecule has 3 rings (SSSR count). The molecule has 1 unspecified atom stereocenters. The van der Waals surface area contributed by atoms with Crippen LogP contribution in [0.2, 0.25) is 0 Å². The summed E-state index contributed by atoms with van der Waals surface area (Å²) in [7, 11) is 0. The second-order valence-electron chi connectivity index (χ2n) is 5.94. The molecule has 0 fully saturated rings. The first-order valence-corrected chi connectivity index (χ1v) is 8.20. The van der Waals surface area contributed by atoms with Gasteiger partial charge in [0.1, 0.15) is 0 Å². The molecule has 0 radical (unpaired) electrons. The molecule has 1 N–H and O–H groups in total. The van der Waals surface area contributed by atoms with Crippen molar-refractivity contribution in [2.75, 3.05) is 6.54 Å². The van der Waals surface area contributed by atoms with Crippen LogP contribution in [0.25, 0.3) is 0 Å². The lowest BCUT2D eigenvalue weighted by Gasteiger charge is -2.16. The summed E-state index contributed by atoms with van der Waals surface area (Å²) in [6.45, 7) is 4.20. The van der Waals surface area contributed by atoms with E-state index < -0.39 is 0 Å². The molecule has 0 saturated carbocycles. The summed E-state index contributed by atoms with van der Waals surface area (Å²) in [6.07, 6.45) is 8.26. The highest BCUT2D eigenvalue weighted by atomic mass is 15.3. The Morgan fingerprint density at radius 1 is 1.24 bits per heavy atom. The molecule has 2 aromatic rings. The molecule has 1 heterocycles. The molecule has 1 aliphatic carbocycles. The topological polar surface area (TPSA) is 29.9 Å². The van der Waals surface area contributed by atoms with Crippen molar-refractivity contribution in [2.45, 2.75) is 51.6 Å². The van der Waals surface area contributed by atoms with Gasteiger partial charge in [-0.3, -0.25) is 4.68 Å². The van der Waals surface area contributed by atoms with E-state index in [1.54, 1.807) is 0 Å². The highest BCUT2D eigenvalue weighted by Gasteiger charge is 2.22. The molecule has 0 spiro atoms. The highest BCUT2D eigenvalue weighted by Crippen LogP contribution is 2.28. The zero-order valence-electron chi connectivity index (χ0n) is 12.9. The van der Waals surface area contributed by atoms with Crippen molar-refractivity contribution in [1.29, 1.82) is 0 Å². The van der Waals surface area contributed by atoms with E-state index in [-0.39, 0.29) is 0 Å². The maximum atomic E-state index is 4.67. The third kappa shape index (κ3) is 3.35. The van der Waals surface area contributed by atoms with Crippen LogP contribution in [0, 0.1) is 0 Å². The average Bonchev–Trinajstić information content (AvgIpc) is 2.79. The number of nitrogens with one attached hydrogen (secondary N) is 1. The molecular formula is C18H25N3. The number of hydrogen-bond donors (Lipinski definition) is 1. The van der Waals surface area contributed by atoms with Crippen molar-refractivity contribution in [2.24, 2.45) is 0 Å². The number of fused-ring (bicyclic) bond motifs is 1. The van der Waals surface area contributed by atoms with Gasteiger partial charge in [-0.2, -0.15) is 5.10 Å². The van der Waals surface area contributed by atoms with Crippen LogP contribution in [0.3, 0.4) is 0 Å². The molecule has 21 heavy (non-hydrogen) atoms. The number of aromatic nitrogens is 2. The zero-order valence-corrected chi connectivity index (χ0v) is 12.9. The minimum absolute atomic E-state index is 0.493. The SMILES string of the molecule is CCCNC1CCCCc2c1cnn2Cc1ccccc1. The fourth-order valence-electron chi connectivity index (χ4n) is 3.21. The van der Waals surface area contributed by atoms with E-state index in [0.717, 1.165) is 19.5 Å². The molecule has 0 aliphatic heterocycles. The molecule has 1 aromatic carbocycles. The Labute approximate surface area is 127 Å². The van der Waals surface area contributed by atoms with E-state index >= 15 is 0 Å². The van der Waals surface area contributed by atoms with Gasteiger partial charge >= 0.3 is 0 Å². The van der Waals surface area contributed by atoms with Gasteiger partial charge in [0.25, 0.3) is 0 Å². The second kappa shape index (κ2) is 6.90. The zero-order chi connectivity index (χ0) is 14.5. The molecule has 1 atom stereocenters. The largest absolute Gasteiger partial charge is 0.310 e. The van der Waals surface area contributed by atoms with Crippen molar-refractivity contribution in [1.82, 2.24) is 15.1 Å². The number of nitrogens with zero attached hydrogens (tertiary/aromatic N) is 2. The van der Waals surface area contributed by atoms with E-state index in [0.29, 0.717) is 6.04 Å². The first-order valence-electron chi connectivity index (χ1n) is 8.20. The van der Waals surface area contributed by atoms with Gasteiger partial charge in [0.2, 0.25) is 0 Å². The monoisotopic (exact) mass is 283 g/mol. The van der Waals surface area contributed by atoms with Crippen LogP contribution >= 0.6 is 0 Å². The number of rotatable bonds is 5. The van der Waals surface area contributed by atoms with Crippen LogP contribution < -0.4 is 5.32 Å². The summed E-state index contributed by atoms with van der Waals surface area (Å²) in [5.41, 5.74) is 4.19. The lowest BCUT2D eigenvalue weighted by Crippen LogP contribution is -2.22. The smallest absolute Gasteiger partial charge is 0.0662 e. The number of hydrogen-bond acceptors (Lipinski definition) is 2. The fourth-order valence-corrected chi connectivity index (χ4v) is 3.21.